The maximum Gasteiger partial charge on any atom is 0.251 e. The van der Waals surface area contributed by atoms with Gasteiger partial charge in [-0.05, 0) is 35.9 Å². The van der Waals surface area contributed by atoms with Crippen molar-refractivity contribution in [3.63, 3.8) is 0 Å². The summed E-state index contributed by atoms with van der Waals surface area (Å²) >= 11 is 0. The third-order valence-corrected chi connectivity index (χ3v) is 3.35. The predicted molar refractivity (Wildman–Crippen MR) is 91.5 cm³/mol. The van der Waals surface area contributed by atoms with Gasteiger partial charge < -0.3 is 20.1 Å². The molecule has 0 heterocycles. The maximum absolute atomic E-state index is 12.3. The highest BCUT2D eigenvalue weighted by molar-refractivity contribution is 5.96. The summed E-state index contributed by atoms with van der Waals surface area (Å²) in [4.78, 5) is 23.3. The molecule has 0 fully saturated rings. The predicted octanol–water partition coefficient (Wildman–Crippen LogP) is 2.59. The number of hydrogen-bond donors (Lipinski definition) is 2. The highest BCUT2D eigenvalue weighted by atomic mass is 16.5. The van der Waals surface area contributed by atoms with Crippen LogP contribution < -0.4 is 20.1 Å². The molecule has 2 amide bonds. The molecule has 2 aromatic rings. The number of anilines is 1. The zero-order valence-electron chi connectivity index (χ0n) is 13.9. The van der Waals surface area contributed by atoms with E-state index in [-0.39, 0.29) is 11.8 Å². The molecule has 0 aliphatic rings. The molecule has 2 N–H and O–H groups in total. The molecule has 0 radical (unpaired) electrons. The van der Waals surface area contributed by atoms with Gasteiger partial charge in [0.15, 0.2) is 11.5 Å². The minimum atomic E-state index is -0.225. The Labute approximate surface area is 140 Å². The van der Waals surface area contributed by atoms with Crippen LogP contribution in [-0.4, -0.2) is 26.0 Å². The Bertz CT molecular complexity index is 744. The highest BCUT2D eigenvalue weighted by Crippen LogP contribution is 2.27. The van der Waals surface area contributed by atoms with Gasteiger partial charge >= 0.3 is 0 Å². The summed E-state index contributed by atoms with van der Waals surface area (Å²) in [5, 5.41) is 5.49. The van der Waals surface area contributed by atoms with Crippen molar-refractivity contribution >= 4 is 17.5 Å². The number of rotatable bonds is 6. The topological polar surface area (TPSA) is 76.7 Å². The zero-order chi connectivity index (χ0) is 17.5. The number of amides is 2. The number of carbonyl (C=O) groups is 2. The van der Waals surface area contributed by atoms with Gasteiger partial charge in [-0.15, -0.1) is 0 Å². The standard InChI is InChI=1S/C18H20N2O4/c1-12(21)20-15-6-4-5-14(10-15)18(22)19-11-13-7-8-16(23-2)17(9-13)24-3/h4-10H,11H2,1-3H3,(H,19,22)(H,20,21). The molecule has 0 saturated carbocycles. The smallest absolute Gasteiger partial charge is 0.251 e. The fraction of sp³-hybridized carbons (Fsp3) is 0.222. The molecule has 0 unspecified atom stereocenters. The van der Waals surface area contributed by atoms with Crippen molar-refractivity contribution in [1.82, 2.24) is 5.32 Å². The average Bonchev–Trinajstić information content (AvgIpc) is 2.59. The van der Waals surface area contributed by atoms with Crippen molar-refractivity contribution in [2.24, 2.45) is 0 Å². The van der Waals surface area contributed by atoms with Gasteiger partial charge in [0.1, 0.15) is 0 Å². The second kappa shape index (κ2) is 8.01. The van der Waals surface area contributed by atoms with Crippen molar-refractivity contribution in [2.45, 2.75) is 13.5 Å². The number of benzene rings is 2. The fourth-order valence-electron chi connectivity index (χ4n) is 2.22. The van der Waals surface area contributed by atoms with Gasteiger partial charge in [-0.25, -0.2) is 0 Å². The average molecular weight is 328 g/mol. The molecule has 0 aromatic heterocycles. The van der Waals surface area contributed by atoms with Crippen LogP contribution in [0, 0.1) is 0 Å². The van der Waals surface area contributed by atoms with Crippen LogP contribution >= 0.6 is 0 Å². The minimum Gasteiger partial charge on any atom is -0.493 e. The molecule has 6 heteroatoms. The van der Waals surface area contributed by atoms with E-state index in [0.29, 0.717) is 29.3 Å². The first-order chi connectivity index (χ1) is 11.5. The highest BCUT2D eigenvalue weighted by Gasteiger charge is 2.09. The lowest BCUT2D eigenvalue weighted by Crippen LogP contribution is -2.23. The number of ether oxygens (including phenoxy) is 2. The van der Waals surface area contributed by atoms with E-state index in [1.807, 2.05) is 12.1 Å². The van der Waals surface area contributed by atoms with Crippen molar-refractivity contribution in [3.8, 4) is 11.5 Å². The number of hydrogen-bond acceptors (Lipinski definition) is 4. The zero-order valence-corrected chi connectivity index (χ0v) is 13.9. The summed E-state index contributed by atoms with van der Waals surface area (Å²) in [7, 11) is 3.13. The van der Waals surface area contributed by atoms with Gasteiger partial charge in [0.05, 0.1) is 14.2 Å². The summed E-state index contributed by atoms with van der Waals surface area (Å²) in [5.74, 6) is 0.836. The van der Waals surface area contributed by atoms with Crippen LogP contribution in [0.1, 0.15) is 22.8 Å². The molecular formula is C18H20N2O4. The molecule has 0 spiro atoms. The third-order valence-electron chi connectivity index (χ3n) is 3.35. The van der Waals surface area contributed by atoms with Gasteiger partial charge in [0.25, 0.3) is 5.91 Å². The van der Waals surface area contributed by atoms with Gasteiger partial charge in [-0.1, -0.05) is 12.1 Å². The Balaban J connectivity index is 2.04. The molecule has 0 atom stereocenters. The molecule has 2 rings (SSSR count). The lowest BCUT2D eigenvalue weighted by Gasteiger charge is -2.11. The van der Waals surface area contributed by atoms with Gasteiger partial charge in [0, 0.05) is 24.7 Å². The summed E-state index contributed by atoms with van der Waals surface area (Å²) in [6.45, 7) is 1.77. The van der Waals surface area contributed by atoms with Crippen molar-refractivity contribution in [2.75, 3.05) is 19.5 Å². The number of carbonyl (C=O) groups excluding carboxylic acids is 2. The molecule has 0 saturated heterocycles. The van der Waals surface area contributed by atoms with E-state index in [4.69, 9.17) is 9.47 Å². The molecule has 0 aliphatic carbocycles. The van der Waals surface area contributed by atoms with E-state index in [9.17, 15) is 9.59 Å². The second-order valence-electron chi connectivity index (χ2n) is 5.13. The Hall–Kier alpha value is -3.02. The van der Waals surface area contributed by atoms with E-state index < -0.39 is 0 Å². The molecule has 6 nitrogen and oxygen atoms in total. The molecular weight excluding hydrogens is 308 g/mol. The Morgan fingerprint density at radius 1 is 1.00 bits per heavy atom. The van der Waals surface area contributed by atoms with Crippen LogP contribution in [0.5, 0.6) is 11.5 Å². The Kier molecular flexibility index (Phi) is 5.78. The molecule has 2 aromatic carbocycles. The molecule has 0 bridgehead atoms. The van der Waals surface area contributed by atoms with Crippen molar-refractivity contribution in [1.29, 1.82) is 0 Å². The van der Waals surface area contributed by atoms with Crippen molar-refractivity contribution in [3.05, 3.63) is 53.6 Å². The van der Waals surface area contributed by atoms with E-state index in [1.165, 1.54) is 6.92 Å². The van der Waals surface area contributed by atoms with E-state index in [0.717, 1.165) is 5.56 Å². The first-order valence-electron chi connectivity index (χ1n) is 7.40. The molecule has 0 aliphatic heterocycles. The van der Waals surface area contributed by atoms with Crippen LogP contribution in [-0.2, 0) is 11.3 Å². The van der Waals surface area contributed by atoms with Gasteiger partial charge in [-0.2, -0.15) is 0 Å². The fourth-order valence-corrected chi connectivity index (χ4v) is 2.22. The van der Waals surface area contributed by atoms with Crippen LogP contribution in [0.3, 0.4) is 0 Å². The largest absolute Gasteiger partial charge is 0.493 e. The van der Waals surface area contributed by atoms with Gasteiger partial charge in [0.2, 0.25) is 5.91 Å². The summed E-state index contributed by atoms with van der Waals surface area (Å²) < 4.78 is 10.4. The maximum atomic E-state index is 12.3. The quantitative estimate of drug-likeness (QED) is 0.854. The minimum absolute atomic E-state index is 0.183. The summed E-state index contributed by atoms with van der Waals surface area (Å²) in [5.41, 5.74) is 1.95. The van der Waals surface area contributed by atoms with Crippen LogP contribution in [0.2, 0.25) is 0 Å². The van der Waals surface area contributed by atoms with Crippen LogP contribution in [0.25, 0.3) is 0 Å². The van der Waals surface area contributed by atoms with Crippen LogP contribution in [0.4, 0.5) is 5.69 Å². The molecule has 126 valence electrons. The van der Waals surface area contributed by atoms with Gasteiger partial charge in [-0.3, -0.25) is 9.59 Å². The first kappa shape index (κ1) is 17.3. The number of nitrogens with one attached hydrogen (secondary N) is 2. The Morgan fingerprint density at radius 3 is 2.42 bits per heavy atom. The lowest BCUT2D eigenvalue weighted by atomic mass is 10.1. The SMILES string of the molecule is COc1ccc(CNC(=O)c2cccc(NC(C)=O)c2)cc1OC. The molecule has 24 heavy (non-hydrogen) atoms. The number of methoxy groups -OCH3 is 2. The van der Waals surface area contributed by atoms with E-state index in [2.05, 4.69) is 10.6 Å². The third kappa shape index (κ3) is 4.49. The summed E-state index contributed by atoms with van der Waals surface area (Å²) in [6, 6.07) is 12.2. The van der Waals surface area contributed by atoms with E-state index >= 15 is 0 Å². The van der Waals surface area contributed by atoms with Crippen molar-refractivity contribution < 1.29 is 19.1 Å². The first-order valence-corrected chi connectivity index (χ1v) is 7.40. The lowest BCUT2D eigenvalue weighted by molar-refractivity contribution is -0.114. The van der Waals surface area contributed by atoms with E-state index in [1.54, 1.807) is 44.6 Å². The monoisotopic (exact) mass is 328 g/mol. The Morgan fingerprint density at radius 2 is 1.75 bits per heavy atom. The van der Waals surface area contributed by atoms with Crippen LogP contribution in [0.15, 0.2) is 42.5 Å². The normalized spacial score (nSPS) is 9.96. The second-order valence-corrected chi connectivity index (χ2v) is 5.13. The summed E-state index contributed by atoms with van der Waals surface area (Å²) in [6.07, 6.45) is 0.